The second-order valence-corrected chi connectivity index (χ2v) is 8.15. The number of carboxylic acids is 1. The van der Waals surface area contributed by atoms with E-state index in [4.69, 9.17) is 5.11 Å². The van der Waals surface area contributed by atoms with E-state index < -0.39 is 17.5 Å². The maximum atomic E-state index is 14.1. The first-order valence-electron chi connectivity index (χ1n) is 10.3. The lowest BCUT2D eigenvalue weighted by Crippen LogP contribution is -2.49. The summed E-state index contributed by atoms with van der Waals surface area (Å²) in [7, 11) is 0. The standard InChI is InChI=1S/C24H24FN3O4/c1-14-9-17(10-15(2)18(14)13-27-11-16(12-27)24(31)32)28-8-4-6-20(23(28)30)26-19-5-3-7-21(29)22(19)25/h3-10,16,26,29H,11-13H2,1-2H3,(H,31,32). The molecule has 1 aliphatic rings. The number of aryl methyl sites for hydroxylation is 2. The van der Waals surface area contributed by atoms with E-state index in [0.29, 0.717) is 25.3 Å². The van der Waals surface area contributed by atoms with Crippen molar-refractivity contribution in [1.29, 1.82) is 0 Å². The minimum Gasteiger partial charge on any atom is -0.505 e. The Balaban J connectivity index is 1.60. The van der Waals surface area contributed by atoms with Crippen LogP contribution in [0.3, 0.4) is 0 Å². The average molecular weight is 437 g/mol. The number of hydrogen-bond acceptors (Lipinski definition) is 5. The Labute approximate surface area is 184 Å². The number of phenols is 1. The molecule has 0 bridgehead atoms. The molecule has 166 valence electrons. The average Bonchev–Trinajstić information content (AvgIpc) is 2.70. The third-order valence-corrected chi connectivity index (χ3v) is 5.84. The topological polar surface area (TPSA) is 94.8 Å². The molecule has 0 aliphatic carbocycles. The van der Waals surface area contributed by atoms with Crippen molar-refractivity contribution < 1.29 is 19.4 Å². The lowest BCUT2D eigenvalue weighted by atomic mass is 9.96. The van der Waals surface area contributed by atoms with Crippen molar-refractivity contribution in [3.63, 3.8) is 0 Å². The number of hydrogen-bond donors (Lipinski definition) is 3. The fraction of sp³-hybridized carbons (Fsp3) is 0.250. The first kappa shape index (κ1) is 21.6. The van der Waals surface area contributed by atoms with E-state index in [1.807, 2.05) is 26.0 Å². The van der Waals surface area contributed by atoms with Crippen molar-refractivity contribution in [1.82, 2.24) is 9.47 Å². The molecule has 2 aromatic carbocycles. The van der Waals surface area contributed by atoms with Crippen LogP contribution < -0.4 is 10.9 Å². The van der Waals surface area contributed by atoms with Gasteiger partial charge in [-0.15, -0.1) is 0 Å². The highest BCUT2D eigenvalue weighted by Gasteiger charge is 2.32. The molecule has 1 saturated heterocycles. The molecule has 3 N–H and O–H groups in total. The molecule has 0 atom stereocenters. The van der Waals surface area contributed by atoms with Crippen LogP contribution in [0.15, 0.2) is 53.5 Å². The number of aromatic hydroxyl groups is 1. The number of carbonyl (C=O) groups is 1. The summed E-state index contributed by atoms with van der Waals surface area (Å²) in [4.78, 5) is 26.2. The van der Waals surface area contributed by atoms with Crippen LogP contribution in [0, 0.1) is 25.6 Å². The molecule has 0 amide bonds. The van der Waals surface area contributed by atoms with Gasteiger partial charge in [-0.2, -0.15) is 0 Å². The van der Waals surface area contributed by atoms with Crippen LogP contribution in [-0.2, 0) is 11.3 Å². The number of phenolic OH excluding ortho intramolecular Hbond substituents is 1. The van der Waals surface area contributed by atoms with Crippen molar-refractivity contribution in [3.05, 3.63) is 81.5 Å². The van der Waals surface area contributed by atoms with Crippen molar-refractivity contribution in [2.75, 3.05) is 18.4 Å². The molecule has 0 spiro atoms. The number of rotatable bonds is 6. The Kier molecular flexibility index (Phi) is 5.71. The van der Waals surface area contributed by atoms with Gasteiger partial charge in [-0.05, 0) is 66.9 Å². The zero-order valence-corrected chi connectivity index (χ0v) is 17.8. The number of halogens is 1. The first-order chi connectivity index (χ1) is 15.2. The van der Waals surface area contributed by atoms with E-state index in [0.717, 1.165) is 16.7 Å². The second kappa shape index (κ2) is 8.47. The van der Waals surface area contributed by atoms with E-state index >= 15 is 0 Å². The highest BCUT2D eigenvalue weighted by atomic mass is 19.1. The number of likely N-dealkylation sites (tertiary alicyclic amines) is 1. The highest BCUT2D eigenvalue weighted by molar-refractivity contribution is 5.71. The number of aliphatic carboxylic acids is 1. The molecular weight excluding hydrogens is 413 g/mol. The predicted octanol–water partition coefficient (Wildman–Crippen LogP) is 3.56. The van der Waals surface area contributed by atoms with Gasteiger partial charge < -0.3 is 15.5 Å². The Morgan fingerprint density at radius 3 is 2.44 bits per heavy atom. The highest BCUT2D eigenvalue weighted by Crippen LogP contribution is 2.27. The van der Waals surface area contributed by atoms with E-state index in [9.17, 15) is 19.1 Å². The van der Waals surface area contributed by atoms with Crippen molar-refractivity contribution in [2.45, 2.75) is 20.4 Å². The predicted molar refractivity (Wildman–Crippen MR) is 119 cm³/mol. The number of pyridine rings is 1. The van der Waals surface area contributed by atoms with Crippen LogP contribution in [0.5, 0.6) is 5.75 Å². The van der Waals surface area contributed by atoms with Gasteiger partial charge in [0.25, 0.3) is 5.56 Å². The Hall–Kier alpha value is -3.65. The maximum absolute atomic E-state index is 14.1. The fourth-order valence-electron chi connectivity index (χ4n) is 3.99. The molecule has 4 rings (SSSR count). The van der Waals surface area contributed by atoms with Gasteiger partial charge in [0.05, 0.1) is 11.6 Å². The quantitative estimate of drug-likeness (QED) is 0.546. The third kappa shape index (κ3) is 4.09. The Morgan fingerprint density at radius 1 is 1.12 bits per heavy atom. The zero-order chi connectivity index (χ0) is 23.0. The van der Waals surface area contributed by atoms with Gasteiger partial charge in [0.15, 0.2) is 11.6 Å². The number of nitrogens with one attached hydrogen (secondary N) is 1. The van der Waals surface area contributed by atoms with E-state index in [-0.39, 0.29) is 22.9 Å². The Morgan fingerprint density at radius 2 is 1.78 bits per heavy atom. The number of anilines is 2. The summed E-state index contributed by atoms with van der Waals surface area (Å²) >= 11 is 0. The normalized spacial score (nSPS) is 14.2. The first-order valence-corrected chi connectivity index (χ1v) is 10.3. The maximum Gasteiger partial charge on any atom is 0.309 e. The lowest BCUT2D eigenvalue weighted by molar-refractivity contribution is -0.147. The molecule has 1 aromatic heterocycles. The number of benzene rings is 2. The minimum absolute atomic E-state index is 0.0109. The molecule has 0 unspecified atom stereocenters. The largest absolute Gasteiger partial charge is 0.505 e. The number of nitrogens with zero attached hydrogens (tertiary/aromatic N) is 2. The zero-order valence-electron chi connectivity index (χ0n) is 17.8. The summed E-state index contributed by atoms with van der Waals surface area (Å²) in [5.74, 6) is -2.39. The summed E-state index contributed by atoms with van der Waals surface area (Å²) < 4.78 is 15.6. The SMILES string of the molecule is Cc1cc(-n2cccc(Nc3cccc(O)c3F)c2=O)cc(C)c1CN1CC(C(=O)O)C1. The van der Waals surface area contributed by atoms with Crippen LogP contribution in [0.2, 0.25) is 0 Å². The van der Waals surface area contributed by atoms with Crippen LogP contribution in [0.4, 0.5) is 15.8 Å². The molecule has 0 saturated carbocycles. The Bertz CT molecular complexity index is 1230. The summed E-state index contributed by atoms with van der Waals surface area (Å²) in [5, 5.41) is 21.4. The molecule has 32 heavy (non-hydrogen) atoms. The van der Waals surface area contributed by atoms with Crippen LogP contribution in [-0.4, -0.2) is 38.7 Å². The molecule has 2 heterocycles. The second-order valence-electron chi connectivity index (χ2n) is 8.15. The molecular formula is C24H24FN3O4. The van der Waals surface area contributed by atoms with Gasteiger partial charge in [-0.1, -0.05) is 6.07 Å². The van der Waals surface area contributed by atoms with Gasteiger partial charge in [0, 0.05) is 31.5 Å². The number of carboxylic acid groups (broad SMARTS) is 1. The fourth-order valence-corrected chi connectivity index (χ4v) is 3.99. The number of aromatic nitrogens is 1. The third-order valence-electron chi connectivity index (χ3n) is 5.84. The van der Waals surface area contributed by atoms with Gasteiger partial charge in [-0.3, -0.25) is 19.1 Å². The van der Waals surface area contributed by atoms with E-state index in [1.165, 1.54) is 22.8 Å². The molecule has 8 heteroatoms. The molecule has 7 nitrogen and oxygen atoms in total. The van der Waals surface area contributed by atoms with Gasteiger partial charge in [0.1, 0.15) is 5.69 Å². The minimum atomic E-state index is -0.825. The summed E-state index contributed by atoms with van der Waals surface area (Å²) in [6.45, 7) is 5.67. The van der Waals surface area contributed by atoms with Crippen molar-refractivity contribution >= 4 is 17.3 Å². The lowest BCUT2D eigenvalue weighted by Gasteiger charge is -2.37. The van der Waals surface area contributed by atoms with Gasteiger partial charge >= 0.3 is 5.97 Å². The van der Waals surface area contributed by atoms with Crippen molar-refractivity contribution in [3.8, 4) is 11.4 Å². The summed E-state index contributed by atoms with van der Waals surface area (Å²) in [6.07, 6.45) is 1.65. The van der Waals surface area contributed by atoms with Crippen LogP contribution in [0.25, 0.3) is 5.69 Å². The van der Waals surface area contributed by atoms with E-state index in [1.54, 1.807) is 18.3 Å². The van der Waals surface area contributed by atoms with Crippen molar-refractivity contribution in [2.24, 2.45) is 5.92 Å². The molecule has 1 aliphatic heterocycles. The molecule has 3 aromatic rings. The van der Waals surface area contributed by atoms with Crippen LogP contribution in [0.1, 0.15) is 16.7 Å². The molecule has 1 fully saturated rings. The van der Waals surface area contributed by atoms with Crippen LogP contribution >= 0.6 is 0 Å². The monoisotopic (exact) mass is 437 g/mol. The summed E-state index contributed by atoms with van der Waals surface area (Å²) in [5.41, 5.74) is 3.64. The summed E-state index contributed by atoms with van der Waals surface area (Å²) in [6, 6.07) is 11.2. The van der Waals surface area contributed by atoms with Gasteiger partial charge in [0.2, 0.25) is 0 Å². The molecule has 0 radical (unpaired) electrons. The van der Waals surface area contributed by atoms with E-state index in [2.05, 4.69) is 10.2 Å². The van der Waals surface area contributed by atoms with Gasteiger partial charge in [-0.25, -0.2) is 4.39 Å². The smallest absolute Gasteiger partial charge is 0.309 e.